The van der Waals surface area contributed by atoms with Crippen LogP contribution in [0.2, 0.25) is 0 Å². The maximum absolute atomic E-state index is 8.62. The molecule has 4 aliphatic rings. The Morgan fingerprint density at radius 3 is 0.697 bits per heavy atom. The zero-order chi connectivity index (χ0) is 90.9. The predicted molar refractivity (Wildman–Crippen MR) is 503 cm³/mol. The first-order valence-electron chi connectivity index (χ1n) is 45.6. The van der Waals surface area contributed by atoms with Gasteiger partial charge in [-0.2, -0.15) is 0 Å². The lowest BCUT2D eigenvalue weighted by atomic mass is 9.80. The molecule has 0 bridgehead atoms. The summed E-state index contributed by atoms with van der Waals surface area (Å²) >= 11 is 0. The first-order valence-corrected chi connectivity index (χ1v) is 42.6. The van der Waals surface area contributed by atoms with E-state index >= 15 is 0 Å². The first-order chi connectivity index (χ1) is 60.8. The summed E-state index contributed by atoms with van der Waals surface area (Å²) in [6.07, 6.45) is 8.46. The topological polar surface area (TPSA) is 67.1 Å². The highest BCUT2D eigenvalue weighted by molar-refractivity contribution is 5.93. The standard InChI is InChI=1S/2C29H29N2.2C28H27N2/c2*1-18-7-11-21(12-8-18)22-15-16-31(6)25(17-22)26-19(2)9-13-23-24-14-10-20(3)30-28(24)29(4,5)27(23)26;2*1-18-11-13-22-23-14-12-19(2)29-27(23)28(3,4)26(22)25(18)24-17-21(15-16-30(24)5)20-9-7-6-8-10-20/h2*7-17H,1-6H3;2*6-17H,1-5H3/q4*+1/i4D3;;3D3;. The minimum absolute atomic E-state index is 0.145. The number of pyridine rings is 8. The molecule has 8 nitrogen and oxygen atoms in total. The monoisotopic (exact) mass is 1600 g/mol. The van der Waals surface area contributed by atoms with Gasteiger partial charge in [-0.1, -0.05) is 248 Å². The highest BCUT2D eigenvalue weighted by Crippen LogP contribution is 2.57. The zero-order valence-corrected chi connectivity index (χ0v) is 74.1. The Bertz CT molecular complexity index is 7150. The molecule has 0 saturated carbocycles. The van der Waals surface area contributed by atoms with Gasteiger partial charge in [-0.3, -0.25) is 19.9 Å². The van der Waals surface area contributed by atoms with Crippen molar-refractivity contribution >= 4 is 0 Å². The molecule has 2 unspecified atom stereocenters. The molecule has 8 aromatic carbocycles. The molecule has 8 heterocycles. The molecule has 0 fully saturated rings. The molecule has 604 valence electrons. The number of fused-ring (bicyclic) bond motifs is 12. The van der Waals surface area contributed by atoms with Crippen molar-refractivity contribution in [2.45, 2.75) is 146 Å². The molecule has 8 aromatic heterocycles. The Hall–Kier alpha value is -13.0. The van der Waals surface area contributed by atoms with Crippen molar-refractivity contribution in [2.24, 2.45) is 28.2 Å². The second-order valence-electron chi connectivity index (χ2n) is 35.7. The number of aromatic nitrogens is 8. The highest BCUT2D eigenvalue weighted by Gasteiger charge is 2.46. The van der Waals surface area contributed by atoms with E-state index in [4.69, 9.17) is 28.2 Å². The molecule has 0 spiro atoms. The molecule has 0 saturated heterocycles. The van der Waals surface area contributed by atoms with E-state index in [9.17, 15) is 0 Å². The molecule has 16 aromatic rings. The first kappa shape index (κ1) is 74.0. The molecule has 0 amide bonds. The maximum Gasteiger partial charge on any atom is 0.213 e. The van der Waals surface area contributed by atoms with Crippen molar-refractivity contribution < 1.29 is 26.5 Å². The minimum atomic E-state index is -2.26. The Morgan fingerprint density at radius 1 is 0.230 bits per heavy atom. The average Bonchev–Trinajstić information content (AvgIpc) is 1.49. The Morgan fingerprint density at radius 2 is 0.451 bits per heavy atom. The smallest absolute Gasteiger partial charge is 0.213 e. The van der Waals surface area contributed by atoms with Crippen LogP contribution in [0.1, 0.15) is 165 Å². The van der Waals surface area contributed by atoms with E-state index in [1.165, 1.54) is 112 Å². The second kappa shape index (κ2) is 31.2. The SMILES string of the molecule is Cc1ccc(-c2cc[n+](C)c(-c3c(C)ccc4c3C(C)(C)c3nc(C)ccc3-4)c2)cc1.Cc1ccc2c(n1)C(C)(C)c1c-2ccc(C)c1-c1cc(-c2ccccc2)cc[n+]1C.[2H]C([2H])([2H])C1(C)c2nc(C)ccc2-c2ccc(C)c(-c3cc(-c4ccc(C)cc4)cc[n+]3C)c21.[2H]C([2H])([2H])C1(C)c2nc(C)ccc2-c2ccc(C)c(-c3cc(-c4ccccc4)cc[n+]3C)c21. The van der Waals surface area contributed by atoms with Crippen LogP contribution in [0.25, 0.3) is 134 Å². The second-order valence-corrected chi connectivity index (χ2v) is 35.7. The van der Waals surface area contributed by atoms with Crippen molar-refractivity contribution in [3.8, 4) is 134 Å². The quantitative estimate of drug-likeness (QED) is 0.142. The predicted octanol–water partition coefficient (Wildman–Crippen LogP) is 25.3. The van der Waals surface area contributed by atoms with Crippen molar-refractivity contribution in [1.29, 1.82) is 0 Å². The third-order valence-corrected chi connectivity index (χ3v) is 25.9. The number of aryl methyl sites for hydroxylation is 14. The molecule has 0 radical (unpaired) electrons. The zero-order valence-electron chi connectivity index (χ0n) is 80.1. The van der Waals surface area contributed by atoms with E-state index in [0.717, 1.165) is 112 Å². The van der Waals surface area contributed by atoms with Crippen LogP contribution in [-0.2, 0) is 49.9 Å². The van der Waals surface area contributed by atoms with E-state index in [0.29, 0.717) is 11.4 Å². The Kier molecular flexibility index (Phi) is 18.9. The van der Waals surface area contributed by atoms with Gasteiger partial charge in [-0.25, -0.2) is 18.3 Å². The largest absolute Gasteiger partial charge is 0.257 e. The molecule has 0 N–H and O–H groups in total. The number of hydrogen-bond acceptors (Lipinski definition) is 4. The van der Waals surface area contributed by atoms with Crippen LogP contribution >= 0.6 is 0 Å². The number of benzene rings is 8. The van der Waals surface area contributed by atoms with Gasteiger partial charge in [-0.15, -0.1) is 0 Å². The molecule has 2 atom stereocenters. The van der Waals surface area contributed by atoms with E-state index in [2.05, 4.69) is 346 Å². The van der Waals surface area contributed by atoms with Crippen LogP contribution in [0, 0.1) is 69.2 Å². The van der Waals surface area contributed by atoms with Gasteiger partial charge in [0.25, 0.3) is 0 Å². The van der Waals surface area contributed by atoms with E-state index in [1.54, 1.807) is 0 Å². The average molecular weight is 1600 g/mol. The van der Waals surface area contributed by atoms with Gasteiger partial charge in [-0.05, 0) is 205 Å². The lowest BCUT2D eigenvalue weighted by Gasteiger charge is -2.24. The summed E-state index contributed by atoms with van der Waals surface area (Å²) in [5, 5.41) is 0. The third-order valence-electron chi connectivity index (χ3n) is 25.9. The van der Waals surface area contributed by atoms with Crippen molar-refractivity contribution in [3.05, 3.63) is 381 Å². The van der Waals surface area contributed by atoms with Gasteiger partial charge in [0.2, 0.25) is 22.8 Å². The minimum Gasteiger partial charge on any atom is -0.257 e. The number of rotatable bonds is 8. The third kappa shape index (κ3) is 14.2. The maximum atomic E-state index is 8.62. The van der Waals surface area contributed by atoms with Gasteiger partial charge in [0.15, 0.2) is 24.8 Å². The summed E-state index contributed by atoms with van der Waals surface area (Å²) in [6, 6.07) is 89.9. The van der Waals surface area contributed by atoms with Crippen molar-refractivity contribution in [3.63, 3.8) is 0 Å². The van der Waals surface area contributed by atoms with Crippen LogP contribution in [0.3, 0.4) is 0 Å². The fourth-order valence-electron chi connectivity index (χ4n) is 19.4. The van der Waals surface area contributed by atoms with Gasteiger partial charge < -0.3 is 0 Å². The van der Waals surface area contributed by atoms with Gasteiger partial charge in [0, 0.05) is 123 Å². The molecule has 122 heavy (non-hydrogen) atoms. The van der Waals surface area contributed by atoms with Crippen LogP contribution in [0.15, 0.2) is 280 Å². The molecule has 0 aliphatic heterocycles. The fraction of sp³-hybridized carbons (Fsp3) is 0.228. The van der Waals surface area contributed by atoms with E-state index in [-0.39, 0.29) is 10.8 Å². The summed E-state index contributed by atoms with van der Waals surface area (Å²) in [5.74, 6) is 0. The number of hydrogen-bond donors (Lipinski definition) is 0. The summed E-state index contributed by atoms with van der Waals surface area (Å²) in [7, 11) is 8.31. The lowest BCUT2D eigenvalue weighted by Crippen LogP contribution is -2.32. The van der Waals surface area contributed by atoms with Gasteiger partial charge in [0.05, 0.1) is 45.0 Å². The summed E-state index contributed by atoms with van der Waals surface area (Å²) < 4.78 is 60.3. The molecule has 20 rings (SSSR count). The molecular weight excluding hydrogens is 1480 g/mol. The van der Waals surface area contributed by atoms with Crippen LogP contribution in [0.5, 0.6) is 0 Å². The van der Waals surface area contributed by atoms with Gasteiger partial charge >= 0.3 is 0 Å². The molecular formula is C114H112N8+4. The summed E-state index contributed by atoms with van der Waals surface area (Å²) in [4.78, 5) is 19.5. The molecule has 4 aliphatic carbocycles. The summed E-state index contributed by atoms with van der Waals surface area (Å²) in [6.45, 7) is 29.2. The Labute approximate surface area is 731 Å². The lowest BCUT2D eigenvalue weighted by molar-refractivity contribution is -0.660. The van der Waals surface area contributed by atoms with Crippen molar-refractivity contribution in [1.82, 2.24) is 19.9 Å². The van der Waals surface area contributed by atoms with E-state index in [1.807, 2.05) is 90.5 Å². The fourth-order valence-corrected chi connectivity index (χ4v) is 19.4. The number of nitrogens with zero attached hydrogens (tertiary/aromatic N) is 8. The van der Waals surface area contributed by atoms with Crippen molar-refractivity contribution in [2.75, 3.05) is 0 Å². The normalized spacial score (nSPS) is 16.3. The van der Waals surface area contributed by atoms with E-state index < -0.39 is 24.5 Å². The summed E-state index contributed by atoms with van der Waals surface area (Å²) in [5.41, 5.74) is 43.8. The van der Waals surface area contributed by atoms with Crippen LogP contribution in [-0.4, -0.2) is 19.9 Å². The Balaban J connectivity index is 0.000000120. The highest BCUT2D eigenvalue weighted by atomic mass is 14.9. The molecule has 8 heteroatoms. The van der Waals surface area contributed by atoms with Crippen LogP contribution in [0.4, 0.5) is 0 Å². The van der Waals surface area contributed by atoms with Gasteiger partial charge in [0.1, 0.15) is 28.2 Å². The van der Waals surface area contributed by atoms with Crippen LogP contribution < -0.4 is 18.3 Å².